The number of carboxylic acid groups (broad SMARTS) is 1. The first-order chi connectivity index (χ1) is 10.0. The lowest BCUT2D eigenvalue weighted by molar-refractivity contribution is -0.140. The van der Waals surface area contributed by atoms with Crippen molar-refractivity contribution in [2.45, 2.75) is 43.9 Å². The van der Waals surface area contributed by atoms with E-state index in [-0.39, 0.29) is 23.6 Å². The molecule has 1 atom stereocenters. The molecule has 1 fully saturated rings. The van der Waals surface area contributed by atoms with Gasteiger partial charge in [-0.25, -0.2) is 0 Å². The molecule has 1 unspecified atom stereocenters. The number of aromatic hydroxyl groups is 1. The third kappa shape index (κ3) is 3.86. The Morgan fingerprint density at radius 3 is 2.57 bits per heavy atom. The van der Waals surface area contributed by atoms with Gasteiger partial charge in [0.05, 0.1) is 13.2 Å². The summed E-state index contributed by atoms with van der Waals surface area (Å²) >= 11 is 0. The molecule has 4 N–H and O–H groups in total. The Labute approximate surface area is 123 Å². The quantitative estimate of drug-likeness (QED) is 0.656. The molecular formula is C15H21NO5. The van der Waals surface area contributed by atoms with Crippen LogP contribution in [0.2, 0.25) is 0 Å². The van der Waals surface area contributed by atoms with Gasteiger partial charge in [0.15, 0.2) is 11.5 Å². The van der Waals surface area contributed by atoms with E-state index in [1.54, 1.807) is 6.07 Å². The van der Waals surface area contributed by atoms with E-state index in [1.165, 1.54) is 19.2 Å². The summed E-state index contributed by atoms with van der Waals surface area (Å²) in [7, 11) is 1.42. The molecule has 1 saturated carbocycles. The van der Waals surface area contributed by atoms with Gasteiger partial charge in [0, 0.05) is 6.04 Å². The Kier molecular flexibility index (Phi) is 5.03. The lowest BCUT2D eigenvalue weighted by Crippen LogP contribution is -2.40. The summed E-state index contributed by atoms with van der Waals surface area (Å²) in [6, 6.07) is 3.73. The highest BCUT2D eigenvalue weighted by atomic mass is 16.5. The molecule has 1 aromatic rings. The number of carboxylic acids is 1. The van der Waals surface area contributed by atoms with Crippen molar-refractivity contribution < 1.29 is 24.9 Å². The second kappa shape index (κ2) is 6.78. The molecule has 21 heavy (non-hydrogen) atoms. The summed E-state index contributed by atoms with van der Waals surface area (Å²) in [5.41, 5.74) is 0.531. The minimum atomic E-state index is -0.978. The molecule has 0 aliphatic heterocycles. The molecule has 1 aromatic carbocycles. The lowest BCUT2D eigenvalue weighted by atomic mass is 9.92. The molecule has 6 nitrogen and oxygen atoms in total. The average molecular weight is 295 g/mol. The SMILES string of the molecule is COc1cc(C(NC2CCC(O)CC2)C(=O)O)ccc1O. The zero-order valence-corrected chi connectivity index (χ0v) is 12.0. The Hall–Kier alpha value is -1.79. The van der Waals surface area contributed by atoms with Crippen molar-refractivity contribution >= 4 is 5.97 Å². The number of hydrogen-bond acceptors (Lipinski definition) is 5. The van der Waals surface area contributed by atoms with Crippen molar-refractivity contribution in [1.29, 1.82) is 0 Å². The minimum absolute atomic E-state index is 0.0221. The lowest BCUT2D eigenvalue weighted by Gasteiger charge is -2.29. The molecule has 0 heterocycles. The van der Waals surface area contributed by atoms with Gasteiger partial charge >= 0.3 is 5.97 Å². The Balaban J connectivity index is 2.13. The van der Waals surface area contributed by atoms with Gasteiger partial charge in [-0.05, 0) is 43.4 Å². The number of nitrogens with one attached hydrogen (secondary N) is 1. The second-order valence-electron chi connectivity index (χ2n) is 5.37. The average Bonchev–Trinajstić information content (AvgIpc) is 2.47. The van der Waals surface area contributed by atoms with Crippen molar-refractivity contribution in [3.63, 3.8) is 0 Å². The minimum Gasteiger partial charge on any atom is -0.504 e. The molecule has 0 amide bonds. The standard InChI is InChI=1S/C15H21NO5/c1-21-13-8-9(2-7-12(13)18)14(15(19)20)16-10-3-5-11(17)6-4-10/h2,7-8,10-11,14,16-18H,3-6H2,1H3,(H,19,20). The summed E-state index contributed by atoms with van der Waals surface area (Å²) in [4.78, 5) is 11.5. The van der Waals surface area contributed by atoms with Crippen LogP contribution in [-0.2, 0) is 4.79 Å². The predicted octanol–water partition coefficient (Wildman–Crippen LogP) is 1.42. The molecule has 0 bridgehead atoms. The Morgan fingerprint density at radius 1 is 1.33 bits per heavy atom. The van der Waals surface area contributed by atoms with Gasteiger partial charge in [-0.15, -0.1) is 0 Å². The fourth-order valence-corrected chi connectivity index (χ4v) is 2.66. The van der Waals surface area contributed by atoms with Gasteiger partial charge < -0.3 is 20.1 Å². The molecule has 0 aromatic heterocycles. The van der Waals surface area contributed by atoms with Gasteiger partial charge in [-0.2, -0.15) is 0 Å². The molecule has 1 aliphatic rings. The van der Waals surface area contributed by atoms with E-state index in [0.29, 0.717) is 18.4 Å². The molecule has 6 heteroatoms. The van der Waals surface area contributed by atoms with Crippen LogP contribution in [0.25, 0.3) is 0 Å². The zero-order chi connectivity index (χ0) is 15.4. The fraction of sp³-hybridized carbons (Fsp3) is 0.533. The number of aliphatic carboxylic acids is 1. The first kappa shape index (κ1) is 15.6. The number of carbonyl (C=O) groups is 1. The van der Waals surface area contributed by atoms with Crippen molar-refractivity contribution in [3.05, 3.63) is 23.8 Å². The number of methoxy groups -OCH3 is 1. The Morgan fingerprint density at radius 2 is 2.00 bits per heavy atom. The van der Waals surface area contributed by atoms with Crippen LogP contribution in [0, 0.1) is 0 Å². The normalized spacial score (nSPS) is 23.5. The first-order valence-electron chi connectivity index (χ1n) is 7.05. The van der Waals surface area contributed by atoms with Crippen molar-refractivity contribution in [2.75, 3.05) is 7.11 Å². The second-order valence-corrected chi connectivity index (χ2v) is 5.37. The number of phenolic OH excluding ortho intramolecular Hbond substituents is 1. The summed E-state index contributed by atoms with van der Waals surface area (Å²) in [5, 5.41) is 31.6. The topological polar surface area (TPSA) is 99.0 Å². The van der Waals surface area contributed by atoms with E-state index >= 15 is 0 Å². The van der Waals surface area contributed by atoms with Crippen LogP contribution in [0.3, 0.4) is 0 Å². The number of aliphatic hydroxyl groups is 1. The number of ether oxygens (including phenoxy) is 1. The van der Waals surface area contributed by atoms with E-state index < -0.39 is 12.0 Å². The maximum absolute atomic E-state index is 11.5. The zero-order valence-electron chi connectivity index (χ0n) is 12.0. The van der Waals surface area contributed by atoms with E-state index in [1.807, 2.05) is 0 Å². The molecule has 0 radical (unpaired) electrons. The first-order valence-corrected chi connectivity index (χ1v) is 7.05. The number of rotatable bonds is 5. The smallest absolute Gasteiger partial charge is 0.325 e. The molecule has 1 aliphatic carbocycles. The maximum Gasteiger partial charge on any atom is 0.325 e. The Bertz CT molecular complexity index is 497. The largest absolute Gasteiger partial charge is 0.504 e. The van der Waals surface area contributed by atoms with Crippen LogP contribution < -0.4 is 10.1 Å². The molecule has 0 saturated heterocycles. The predicted molar refractivity (Wildman–Crippen MR) is 76.4 cm³/mol. The van der Waals surface area contributed by atoms with Crippen molar-refractivity contribution in [1.82, 2.24) is 5.32 Å². The molecule has 0 spiro atoms. The van der Waals surface area contributed by atoms with Crippen LogP contribution in [0.4, 0.5) is 0 Å². The van der Waals surface area contributed by atoms with Gasteiger partial charge in [0.1, 0.15) is 6.04 Å². The van der Waals surface area contributed by atoms with Crippen LogP contribution in [-0.4, -0.2) is 40.5 Å². The number of aliphatic hydroxyl groups excluding tert-OH is 1. The monoisotopic (exact) mass is 295 g/mol. The van der Waals surface area contributed by atoms with Gasteiger partial charge in [0.25, 0.3) is 0 Å². The van der Waals surface area contributed by atoms with Gasteiger partial charge in [0.2, 0.25) is 0 Å². The van der Waals surface area contributed by atoms with E-state index in [0.717, 1.165) is 12.8 Å². The highest BCUT2D eigenvalue weighted by Crippen LogP contribution is 2.30. The van der Waals surface area contributed by atoms with Crippen molar-refractivity contribution in [3.8, 4) is 11.5 Å². The van der Waals surface area contributed by atoms with Crippen LogP contribution >= 0.6 is 0 Å². The summed E-state index contributed by atoms with van der Waals surface area (Å²) in [6.45, 7) is 0. The number of phenols is 1. The third-order valence-corrected chi connectivity index (χ3v) is 3.88. The van der Waals surface area contributed by atoms with E-state index in [2.05, 4.69) is 5.32 Å². The maximum atomic E-state index is 11.5. The van der Waals surface area contributed by atoms with E-state index in [9.17, 15) is 20.1 Å². The summed E-state index contributed by atoms with van der Waals surface area (Å²) in [5.74, 6) is -0.750. The van der Waals surface area contributed by atoms with Crippen molar-refractivity contribution in [2.24, 2.45) is 0 Å². The highest BCUT2D eigenvalue weighted by Gasteiger charge is 2.27. The van der Waals surface area contributed by atoms with Gasteiger partial charge in [-0.1, -0.05) is 6.07 Å². The fourth-order valence-electron chi connectivity index (χ4n) is 2.66. The highest BCUT2D eigenvalue weighted by molar-refractivity contribution is 5.76. The summed E-state index contributed by atoms with van der Waals surface area (Å²) < 4.78 is 5.02. The van der Waals surface area contributed by atoms with Crippen LogP contribution in [0.15, 0.2) is 18.2 Å². The van der Waals surface area contributed by atoms with Gasteiger partial charge in [-0.3, -0.25) is 10.1 Å². The summed E-state index contributed by atoms with van der Waals surface area (Å²) in [6.07, 6.45) is 2.59. The van der Waals surface area contributed by atoms with E-state index in [4.69, 9.17) is 4.74 Å². The molecular weight excluding hydrogens is 274 g/mol. The molecule has 116 valence electrons. The molecule has 2 rings (SSSR count). The van der Waals surface area contributed by atoms with Crippen LogP contribution in [0.5, 0.6) is 11.5 Å². The van der Waals surface area contributed by atoms with Crippen LogP contribution in [0.1, 0.15) is 37.3 Å². The third-order valence-electron chi connectivity index (χ3n) is 3.88. The number of hydrogen-bond donors (Lipinski definition) is 4. The number of benzene rings is 1.